The highest BCUT2D eigenvalue weighted by Crippen LogP contribution is 2.23. The lowest BCUT2D eigenvalue weighted by Crippen LogP contribution is -2.29. The van der Waals surface area contributed by atoms with Crippen molar-refractivity contribution in [3.8, 4) is 5.75 Å². The maximum atomic E-state index is 12.5. The zero-order valence-corrected chi connectivity index (χ0v) is 16.2. The second-order valence-corrected chi connectivity index (χ2v) is 7.12. The molecule has 6 heteroatoms. The van der Waals surface area contributed by atoms with Gasteiger partial charge < -0.3 is 15.0 Å². The van der Waals surface area contributed by atoms with Crippen molar-refractivity contribution in [1.29, 1.82) is 0 Å². The third-order valence-electron chi connectivity index (χ3n) is 4.44. The summed E-state index contributed by atoms with van der Waals surface area (Å²) in [6, 6.07) is 12.6. The van der Waals surface area contributed by atoms with Gasteiger partial charge in [0.05, 0.1) is 19.1 Å². The molecule has 0 spiro atoms. The smallest absolute Gasteiger partial charge is 0.256 e. The summed E-state index contributed by atoms with van der Waals surface area (Å²) in [5.74, 6) is 0.561. The first-order valence-electron chi connectivity index (χ1n) is 8.58. The molecule has 0 radical (unpaired) electrons. The van der Waals surface area contributed by atoms with Gasteiger partial charge in [-0.25, -0.2) is 0 Å². The Morgan fingerprint density at radius 1 is 1.12 bits per heavy atom. The first-order chi connectivity index (χ1) is 12.6. The second kappa shape index (κ2) is 8.36. The zero-order chi connectivity index (χ0) is 18.5. The molecule has 26 heavy (non-hydrogen) atoms. The number of carbonyl (C=O) groups is 2. The summed E-state index contributed by atoms with van der Waals surface area (Å²) in [6.07, 6.45) is 2.59. The van der Waals surface area contributed by atoms with Crippen LogP contribution in [0, 0.1) is 0 Å². The Bertz CT molecular complexity index is 799. The van der Waals surface area contributed by atoms with Crippen molar-refractivity contribution in [2.75, 3.05) is 25.5 Å². The maximum absolute atomic E-state index is 12.5. The van der Waals surface area contributed by atoms with Crippen LogP contribution >= 0.6 is 15.9 Å². The van der Waals surface area contributed by atoms with Crippen LogP contribution in [0.3, 0.4) is 0 Å². The average molecular weight is 417 g/mol. The SMILES string of the molecule is COc1ccc(Br)c(C(=O)Nc2ccc(CC(=O)N3CCCC3)cc2)c1. The molecule has 0 unspecified atom stereocenters. The van der Waals surface area contributed by atoms with E-state index in [1.54, 1.807) is 25.3 Å². The van der Waals surface area contributed by atoms with Crippen molar-refractivity contribution in [2.45, 2.75) is 19.3 Å². The van der Waals surface area contributed by atoms with Gasteiger partial charge in [0.1, 0.15) is 5.75 Å². The number of likely N-dealkylation sites (tertiary alicyclic amines) is 1. The standard InChI is InChI=1S/C20H21BrN2O3/c1-26-16-8-9-18(21)17(13-16)20(25)22-15-6-4-14(5-7-15)12-19(24)23-10-2-3-11-23/h4-9,13H,2-3,10-12H2,1H3,(H,22,25). The molecule has 0 atom stereocenters. The predicted molar refractivity (Wildman–Crippen MR) is 105 cm³/mol. The minimum Gasteiger partial charge on any atom is -0.497 e. The highest BCUT2D eigenvalue weighted by atomic mass is 79.9. The summed E-state index contributed by atoms with van der Waals surface area (Å²) in [7, 11) is 1.56. The fraction of sp³-hybridized carbons (Fsp3) is 0.300. The molecule has 1 saturated heterocycles. The molecule has 3 rings (SSSR count). The number of nitrogens with one attached hydrogen (secondary N) is 1. The van der Waals surface area contributed by atoms with Crippen LogP contribution in [-0.2, 0) is 11.2 Å². The number of hydrogen-bond acceptors (Lipinski definition) is 3. The summed E-state index contributed by atoms with van der Waals surface area (Å²) in [4.78, 5) is 26.6. The summed E-state index contributed by atoms with van der Waals surface area (Å²) < 4.78 is 5.87. The van der Waals surface area contributed by atoms with Crippen LogP contribution in [0.1, 0.15) is 28.8 Å². The first kappa shape index (κ1) is 18.5. The molecule has 2 amide bonds. The van der Waals surface area contributed by atoms with E-state index in [4.69, 9.17) is 4.74 Å². The van der Waals surface area contributed by atoms with Gasteiger partial charge in [0.25, 0.3) is 5.91 Å². The van der Waals surface area contributed by atoms with Crippen LogP contribution in [0.15, 0.2) is 46.9 Å². The lowest BCUT2D eigenvalue weighted by Gasteiger charge is -2.15. The van der Waals surface area contributed by atoms with Crippen LogP contribution in [-0.4, -0.2) is 36.9 Å². The number of rotatable bonds is 5. The Morgan fingerprint density at radius 2 is 1.81 bits per heavy atom. The molecule has 1 aliphatic heterocycles. The van der Waals surface area contributed by atoms with Crippen LogP contribution in [0.5, 0.6) is 5.75 Å². The fourth-order valence-electron chi connectivity index (χ4n) is 2.96. The second-order valence-electron chi connectivity index (χ2n) is 6.26. The topological polar surface area (TPSA) is 58.6 Å². The molecule has 1 heterocycles. The van der Waals surface area contributed by atoms with Gasteiger partial charge in [-0.3, -0.25) is 9.59 Å². The van der Waals surface area contributed by atoms with Gasteiger partial charge in [0, 0.05) is 23.2 Å². The van der Waals surface area contributed by atoms with Crippen molar-refractivity contribution in [1.82, 2.24) is 4.90 Å². The van der Waals surface area contributed by atoms with Gasteiger partial charge in [0.15, 0.2) is 0 Å². The molecule has 1 fully saturated rings. The molecular weight excluding hydrogens is 396 g/mol. The van der Waals surface area contributed by atoms with Crippen molar-refractivity contribution < 1.29 is 14.3 Å². The molecule has 0 saturated carbocycles. The average Bonchev–Trinajstić information content (AvgIpc) is 3.18. The van der Waals surface area contributed by atoms with Gasteiger partial charge >= 0.3 is 0 Å². The molecule has 0 bridgehead atoms. The monoisotopic (exact) mass is 416 g/mol. The van der Waals surface area contributed by atoms with E-state index in [1.165, 1.54) is 0 Å². The molecule has 1 aliphatic rings. The van der Waals surface area contributed by atoms with Gasteiger partial charge in [-0.15, -0.1) is 0 Å². The van der Waals surface area contributed by atoms with Crippen LogP contribution < -0.4 is 10.1 Å². The van der Waals surface area contributed by atoms with E-state index in [-0.39, 0.29) is 11.8 Å². The van der Waals surface area contributed by atoms with Crippen molar-refractivity contribution in [3.63, 3.8) is 0 Å². The van der Waals surface area contributed by atoms with E-state index in [0.717, 1.165) is 31.5 Å². The number of benzene rings is 2. The lowest BCUT2D eigenvalue weighted by molar-refractivity contribution is -0.129. The molecule has 0 aliphatic carbocycles. The predicted octanol–water partition coefficient (Wildman–Crippen LogP) is 3.87. The van der Waals surface area contributed by atoms with Crippen LogP contribution in [0.25, 0.3) is 0 Å². The van der Waals surface area contributed by atoms with Gasteiger partial charge in [-0.2, -0.15) is 0 Å². The molecule has 0 aromatic heterocycles. The van der Waals surface area contributed by atoms with Crippen molar-refractivity contribution in [3.05, 3.63) is 58.1 Å². The van der Waals surface area contributed by atoms with E-state index in [1.807, 2.05) is 29.2 Å². The third kappa shape index (κ3) is 4.43. The quantitative estimate of drug-likeness (QED) is 0.804. The Balaban J connectivity index is 1.63. The molecule has 2 aromatic carbocycles. The highest BCUT2D eigenvalue weighted by Gasteiger charge is 2.18. The summed E-state index contributed by atoms with van der Waals surface area (Å²) in [5, 5.41) is 2.87. The van der Waals surface area contributed by atoms with Crippen molar-refractivity contribution >= 4 is 33.4 Å². The zero-order valence-electron chi connectivity index (χ0n) is 14.6. The summed E-state index contributed by atoms with van der Waals surface area (Å²) in [6.45, 7) is 1.73. The molecule has 136 valence electrons. The Labute approximate surface area is 161 Å². The van der Waals surface area contributed by atoms with Crippen LogP contribution in [0.4, 0.5) is 5.69 Å². The lowest BCUT2D eigenvalue weighted by atomic mass is 10.1. The van der Waals surface area contributed by atoms with Crippen LogP contribution in [0.2, 0.25) is 0 Å². The minimum atomic E-state index is -0.225. The molecule has 1 N–H and O–H groups in total. The fourth-order valence-corrected chi connectivity index (χ4v) is 3.39. The first-order valence-corrected chi connectivity index (χ1v) is 9.38. The summed E-state index contributed by atoms with van der Waals surface area (Å²) in [5.41, 5.74) is 2.13. The number of nitrogens with zero attached hydrogens (tertiary/aromatic N) is 1. The van der Waals surface area contributed by atoms with Gasteiger partial charge in [-0.05, 0) is 64.7 Å². The highest BCUT2D eigenvalue weighted by molar-refractivity contribution is 9.10. The van der Waals surface area contributed by atoms with E-state index >= 15 is 0 Å². The van der Waals surface area contributed by atoms with Gasteiger partial charge in [0.2, 0.25) is 5.91 Å². The summed E-state index contributed by atoms with van der Waals surface area (Å²) >= 11 is 3.39. The Hall–Kier alpha value is -2.34. The maximum Gasteiger partial charge on any atom is 0.256 e. The number of anilines is 1. The third-order valence-corrected chi connectivity index (χ3v) is 5.14. The largest absolute Gasteiger partial charge is 0.497 e. The van der Waals surface area contributed by atoms with E-state index in [9.17, 15) is 9.59 Å². The number of ether oxygens (including phenoxy) is 1. The number of halogens is 1. The van der Waals surface area contributed by atoms with E-state index in [0.29, 0.717) is 27.9 Å². The number of amides is 2. The normalized spacial score (nSPS) is 13.5. The molecular formula is C20H21BrN2O3. The van der Waals surface area contributed by atoms with Crippen molar-refractivity contribution in [2.24, 2.45) is 0 Å². The Morgan fingerprint density at radius 3 is 2.46 bits per heavy atom. The Kier molecular flexibility index (Phi) is 5.93. The van der Waals surface area contributed by atoms with Gasteiger partial charge in [-0.1, -0.05) is 12.1 Å². The van der Waals surface area contributed by atoms with E-state index < -0.39 is 0 Å². The van der Waals surface area contributed by atoms with E-state index in [2.05, 4.69) is 21.2 Å². The molecule has 5 nitrogen and oxygen atoms in total. The molecule has 2 aromatic rings. The number of methoxy groups -OCH3 is 1. The minimum absolute atomic E-state index is 0.166. The number of hydrogen-bond donors (Lipinski definition) is 1. The number of carbonyl (C=O) groups excluding carboxylic acids is 2.